The number of benzene rings is 1. The molecule has 1 aromatic carbocycles. The quantitative estimate of drug-likeness (QED) is 0.806. The number of carbonyl (C=O) groups excluding carboxylic acids is 1. The summed E-state index contributed by atoms with van der Waals surface area (Å²) >= 11 is 0. The topological polar surface area (TPSA) is 40.5 Å². The van der Waals surface area contributed by atoms with Gasteiger partial charge in [0, 0.05) is 18.5 Å². The van der Waals surface area contributed by atoms with Crippen molar-refractivity contribution in [2.75, 3.05) is 7.05 Å². The van der Waals surface area contributed by atoms with E-state index in [-0.39, 0.29) is 22.8 Å². The number of amides is 1. The fourth-order valence-corrected chi connectivity index (χ4v) is 8.00. The highest BCUT2D eigenvalue weighted by Gasteiger charge is 2.62. The standard InChI is InChI=1S/C26H35NO2/c1-25-14-12-23(28)27(3)22(25)10-9-19-20(25)11-13-26(2)21(19)16-18(24(26)29)15-17-7-5-4-6-8-17/h4-8,12,14,18-22,24,29H,9-11,13,15-16H2,1-3H3/t18?,19-,20-,21+,22?,24?,25-,26+/m1/s1. The first-order valence-corrected chi connectivity index (χ1v) is 11.5. The molecule has 8 atom stereocenters. The first kappa shape index (κ1) is 19.4. The third-order valence-electron chi connectivity index (χ3n) is 9.58. The SMILES string of the molecule is CN1C(=O)C=C[C@@]2(C)C1CC[C@@H]1[C@H]2CC[C@]2(C)C(O)C(Cc3ccccc3)C[C@@H]12. The zero-order valence-electron chi connectivity index (χ0n) is 18.1. The lowest BCUT2D eigenvalue weighted by atomic mass is 9.48. The summed E-state index contributed by atoms with van der Waals surface area (Å²) in [6, 6.07) is 11.0. The lowest BCUT2D eigenvalue weighted by Gasteiger charge is -2.60. The molecule has 3 saturated carbocycles. The molecule has 1 N–H and O–H groups in total. The van der Waals surface area contributed by atoms with E-state index in [1.807, 2.05) is 18.0 Å². The van der Waals surface area contributed by atoms with Crippen LogP contribution in [0.1, 0.15) is 51.5 Å². The Balaban J connectivity index is 1.42. The molecule has 1 aliphatic heterocycles. The highest BCUT2D eigenvalue weighted by atomic mass is 16.3. The molecule has 4 aliphatic rings. The number of aliphatic hydroxyl groups is 1. The summed E-state index contributed by atoms with van der Waals surface area (Å²) in [7, 11) is 1.98. The van der Waals surface area contributed by atoms with Gasteiger partial charge in [-0.05, 0) is 79.3 Å². The third-order valence-corrected chi connectivity index (χ3v) is 9.58. The van der Waals surface area contributed by atoms with Crippen LogP contribution in [-0.2, 0) is 11.2 Å². The second-order valence-electron chi connectivity index (χ2n) is 10.8. The fourth-order valence-electron chi connectivity index (χ4n) is 8.00. The molecular weight excluding hydrogens is 358 g/mol. The van der Waals surface area contributed by atoms with Crippen molar-refractivity contribution in [1.82, 2.24) is 4.90 Å². The molecule has 0 bridgehead atoms. The number of hydrogen-bond donors (Lipinski definition) is 1. The van der Waals surface area contributed by atoms with Crippen LogP contribution >= 0.6 is 0 Å². The zero-order valence-corrected chi connectivity index (χ0v) is 18.1. The van der Waals surface area contributed by atoms with Gasteiger partial charge >= 0.3 is 0 Å². The van der Waals surface area contributed by atoms with Crippen LogP contribution in [0.4, 0.5) is 0 Å². The van der Waals surface area contributed by atoms with E-state index in [1.165, 1.54) is 18.4 Å². The summed E-state index contributed by atoms with van der Waals surface area (Å²) < 4.78 is 0. The molecule has 3 heteroatoms. The maximum Gasteiger partial charge on any atom is 0.246 e. The van der Waals surface area contributed by atoms with Crippen molar-refractivity contribution in [2.45, 2.75) is 64.5 Å². The van der Waals surface area contributed by atoms with E-state index in [9.17, 15) is 9.90 Å². The molecule has 156 valence electrons. The largest absolute Gasteiger partial charge is 0.392 e. The molecule has 3 fully saturated rings. The van der Waals surface area contributed by atoms with Gasteiger partial charge in [0.05, 0.1) is 6.10 Å². The van der Waals surface area contributed by atoms with Crippen molar-refractivity contribution in [3.8, 4) is 0 Å². The molecule has 1 amide bonds. The van der Waals surface area contributed by atoms with Crippen LogP contribution in [0.3, 0.4) is 0 Å². The van der Waals surface area contributed by atoms with E-state index < -0.39 is 0 Å². The van der Waals surface area contributed by atoms with Crippen LogP contribution in [-0.4, -0.2) is 35.1 Å². The van der Waals surface area contributed by atoms with E-state index in [2.05, 4.69) is 50.3 Å². The van der Waals surface area contributed by atoms with Crippen molar-refractivity contribution < 1.29 is 9.90 Å². The molecule has 1 heterocycles. The summed E-state index contributed by atoms with van der Waals surface area (Å²) in [5, 5.41) is 11.4. The van der Waals surface area contributed by atoms with Gasteiger partial charge in [-0.2, -0.15) is 0 Å². The number of rotatable bonds is 2. The van der Waals surface area contributed by atoms with Gasteiger partial charge in [-0.25, -0.2) is 0 Å². The number of hydrogen-bond acceptors (Lipinski definition) is 2. The average molecular weight is 394 g/mol. The second kappa shape index (κ2) is 6.70. The molecule has 0 spiro atoms. The summed E-state index contributed by atoms with van der Waals surface area (Å²) in [6.07, 6.45) is 10.6. The first-order valence-electron chi connectivity index (χ1n) is 11.5. The second-order valence-corrected chi connectivity index (χ2v) is 10.8. The molecule has 3 unspecified atom stereocenters. The van der Waals surface area contributed by atoms with Crippen LogP contribution in [0.15, 0.2) is 42.5 Å². The van der Waals surface area contributed by atoms with Gasteiger partial charge in [0.15, 0.2) is 0 Å². The third kappa shape index (κ3) is 2.76. The van der Waals surface area contributed by atoms with E-state index in [1.54, 1.807) is 0 Å². The van der Waals surface area contributed by atoms with Crippen molar-refractivity contribution in [2.24, 2.45) is 34.5 Å². The Morgan fingerprint density at radius 2 is 1.86 bits per heavy atom. The highest BCUT2D eigenvalue weighted by Crippen LogP contribution is 2.65. The molecule has 0 radical (unpaired) electrons. The lowest BCUT2D eigenvalue weighted by molar-refractivity contribution is -0.140. The van der Waals surface area contributed by atoms with Crippen LogP contribution in [0.2, 0.25) is 0 Å². The highest BCUT2D eigenvalue weighted by molar-refractivity contribution is 5.89. The van der Waals surface area contributed by atoms with Crippen LogP contribution in [0, 0.1) is 34.5 Å². The Labute approximate surface area is 175 Å². The van der Waals surface area contributed by atoms with Crippen molar-refractivity contribution in [1.29, 1.82) is 0 Å². The maximum atomic E-state index is 12.3. The Bertz CT molecular complexity index is 819. The Kier molecular flexibility index (Phi) is 4.47. The number of nitrogens with zero attached hydrogens (tertiary/aromatic N) is 1. The number of fused-ring (bicyclic) bond motifs is 5. The van der Waals surface area contributed by atoms with Crippen LogP contribution < -0.4 is 0 Å². The number of carbonyl (C=O) groups is 1. The van der Waals surface area contributed by atoms with E-state index in [0.29, 0.717) is 29.7 Å². The predicted molar refractivity (Wildman–Crippen MR) is 115 cm³/mol. The summed E-state index contributed by atoms with van der Waals surface area (Å²) in [6.45, 7) is 4.76. The van der Waals surface area contributed by atoms with E-state index in [4.69, 9.17) is 0 Å². The minimum atomic E-state index is -0.203. The fraction of sp³-hybridized carbons (Fsp3) is 0.654. The summed E-state index contributed by atoms with van der Waals surface area (Å²) in [5.74, 6) is 2.40. The maximum absolute atomic E-state index is 12.3. The molecular formula is C26H35NO2. The minimum Gasteiger partial charge on any atom is -0.392 e. The van der Waals surface area contributed by atoms with Crippen molar-refractivity contribution in [3.05, 3.63) is 48.0 Å². The monoisotopic (exact) mass is 393 g/mol. The van der Waals surface area contributed by atoms with Gasteiger partial charge < -0.3 is 10.0 Å². The molecule has 29 heavy (non-hydrogen) atoms. The minimum absolute atomic E-state index is 0.0455. The Hall–Kier alpha value is -1.61. The van der Waals surface area contributed by atoms with Gasteiger partial charge in [-0.3, -0.25) is 4.79 Å². The molecule has 1 aromatic rings. The molecule has 3 nitrogen and oxygen atoms in total. The lowest BCUT2D eigenvalue weighted by Crippen LogP contribution is -2.59. The average Bonchev–Trinajstić information content (AvgIpc) is 2.97. The van der Waals surface area contributed by atoms with Gasteiger partial charge in [-0.1, -0.05) is 50.3 Å². The van der Waals surface area contributed by atoms with Crippen LogP contribution in [0.25, 0.3) is 0 Å². The van der Waals surface area contributed by atoms with Crippen LogP contribution in [0.5, 0.6) is 0 Å². The molecule has 5 rings (SSSR count). The van der Waals surface area contributed by atoms with Gasteiger partial charge in [-0.15, -0.1) is 0 Å². The van der Waals surface area contributed by atoms with Crippen molar-refractivity contribution in [3.63, 3.8) is 0 Å². The zero-order chi connectivity index (χ0) is 20.4. The summed E-state index contributed by atoms with van der Waals surface area (Å²) in [4.78, 5) is 14.2. The summed E-state index contributed by atoms with van der Waals surface area (Å²) in [5.41, 5.74) is 1.47. The smallest absolute Gasteiger partial charge is 0.246 e. The van der Waals surface area contributed by atoms with Gasteiger partial charge in [0.2, 0.25) is 5.91 Å². The number of aliphatic hydroxyl groups excluding tert-OH is 1. The van der Waals surface area contributed by atoms with E-state index >= 15 is 0 Å². The Morgan fingerprint density at radius 3 is 2.62 bits per heavy atom. The van der Waals surface area contributed by atoms with E-state index in [0.717, 1.165) is 25.7 Å². The predicted octanol–water partition coefficient (Wildman–Crippen LogP) is 4.46. The normalized spacial score (nSPS) is 46.2. The molecule has 0 saturated heterocycles. The van der Waals surface area contributed by atoms with Crippen molar-refractivity contribution >= 4 is 5.91 Å². The van der Waals surface area contributed by atoms with Gasteiger partial charge in [0.1, 0.15) is 0 Å². The molecule has 0 aromatic heterocycles. The molecule has 3 aliphatic carbocycles. The Morgan fingerprint density at radius 1 is 1.10 bits per heavy atom. The van der Waals surface area contributed by atoms with Gasteiger partial charge in [0.25, 0.3) is 0 Å². The number of likely N-dealkylation sites (N-methyl/N-ethyl adjacent to an activating group) is 1. The first-order chi connectivity index (χ1) is 13.8.